The summed E-state index contributed by atoms with van der Waals surface area (Å²) in [6.07, 6.45) is 3.50. The molecule has 3 heterocycles. The minimum Gasteiger partial charge on any atom is -0.337 e. The standard InChI is InChI=1S/C14H20N4O/c15-9-13(12-3-1-2-6-16-12)17-7-8-18-11(10-17)4-5-14(18)19/h1-3,6,11,13H,4-5,7-10,15H2. The number of nitrogens with zero attached hydrogens (tertiary/aromatic N) is 3. The molecule has 0 spiro atoms. The van der Waals surface area contributed by atoms with Crippen molar-refractivity contribution in [3.05, 3.63) is 30.1 Å². The SMILES string of the molecule is NCC(c1ccccn1)N1CCN2C(=O)CCC2C1. The Morgan fingerprint density at radius 2 is 2.32 bits per heavy atom. The van der Waals surface area contributed by atoms with Gasteiger partial charge in [0.15, 0.2) is 0 Å². The molecule has 0 radical (unpaired) electrons. The molecule has 0 saturated carbocycles. The Hall–Kier alpha value is -1.46. The van der Waals surface area contributed by atoms with Gasteiger partial charge >= 0.3 is 0 Å². The van der Waals surface area contributed by atoms with Crippen molar-refractivity contribution in [2.24, 2.45) is 5.73 Å². The Morgan fingerprint density at radius 1 is 1.42 bits per heavy atom. The number of carbonyl (C=O) groups excluding carboxylic acids is 1. The van der Waals surface area contributed by atoms with Gasteiger partial charge in [-0.15, -0.1) is 0 Å². The zero-order valence-electron chi connectivity index (χ0n) is 11.0. The van der Waals surface area contributed by atoms with Crippen LogP contribution in [0.4, 0.5) is 0 Å². The lowest BCUT2D eigenvalue weighted by molar-refractivity contribution is -0.131. The van der Waals surface area contributed by atoms with Crippen molar-refractivity contribution < 1.29 is 4.79 Å². The van der Waals surface area contributed by atoms with Gasteiger partial charge in [-0.2, -0.15) is 0 Å². The molecule has 102 valence electrons. The van der Waals surface area contributed by atoms with Gasteiger partial charge in [-0.05, 0) is 18.6 Å². The van der Waals surface area contributed by atoms with Crippen LogP contribution in [0.2, 0.25) is 0 Å². The van der Waals surface area contributed by atoms with Gasteiger partial charge in [-0.3, -0.25) is 14.7 Å². The largest absolute Gasteiger partial charge is 0.337 e. The van der Waals surface area contributed by atoms with Gasteiger partial charge in [0.05, 0.1) is 11.7 Å². The first kappa shape index (κ1) is 12.6. The minimum atomic E-state index is 0.166. The maximum atomic E-state index is 11.7. The van der Waals surface area contributed by atoms with Gasteiger partial charge in [0.2, 0.25) is 5.91 Å². The molecular formula is C14H20N4O. The van der Waals surface area contributed by atoms with Crippen LogP contribution in [0, 0.1) is 0 Å². The number of hydrogen-bond acceptors (Lipinski definition) is 4. The van der Waals surface area contributed by atoms with E-state index in [-0.39, 0.29) is 6.04 Å². The van der Waals surface area contributed by atoms with Crippen LogP contribution in [-0.4, -0.2) is 52.9 Å². The molecule has 5 heteroatoms. The van der Waals surface area contributed by atoms with Crippen molar-refractivity contribution in [3.63, 3.8) is 0 Å². The molecule has 2 aliphatic rings. The smallest absolute Gasteiger partial charge is 0.222 e. The first-order chi connectivity index (χ1) is 9.29. The Morgan fingerprint density at radius 3 is 3.05 bits per heavy atom. The molecule has 0 aromatic carbocycles. The van der Waals surface area contributed by atoms with Crippen molar-refractivity contribution in [3.8, 4) is 0 Å². The Balaban J connectivity index is 1.74. The number of piperazine rings is 1. The summed E-state index contributed by atoms with van der Waals surface area (Å²) in [5, 5.41) is 0. The lowest BCUT2D eigenvalue weighted by Crippen LogP contribution is -2.53. The molecule has 2 unspecified atom stereocenters. The quantitative estimate of drug-likeness (QED) is 0.854. The number of amides is 1. The lowest BCUT2D eigenvalue weighted by atomic mass is 10.1. The third-order valence-electron chi connectivity index (χ3n) is 4.22. The molecule has 2 aliphatic heterocycles. The van der Waals surface area contributed by atoms with Gasteiger partial charge < -0.3 is 10.6 Å². The molecule has 2 atom stereocenters. The van der Waals surface area contributed by atoms with Gasteiger partial charge in [0.1, 0.15) is 0 Å². The highest BCUT2D eigenvalue weighted by Crippen LogP contribution is 2.27. The van der Waals surface area contributed by atoms with E-state index in [0.29, 0.717) is 24.9 Å². The van der Waals surface area contributed by atoms with E-state index in [2.05, 4.69) is 9.88 Å². The molecule has 2 N–H and O–H groups in total. The van der Waals surface area contributed by atoms with Crippen molar-refractivity contribution in [1.82, 2.24) is 14.8 Å². The summed E-state index contributed by atoms with van der Waals surface area (Å²) in [5.41, 5.74) is 6.97. The molecule has 1 amide bonds. The maximum Gasteiger partial charge on any atom is 0.222 e. The van der Waals surface area contributed by atoms with E-state index in [0.717, 1.165) is 31.7 Å². The first-order valence-electron chi connectivity index (χ1n) is 6.94. The Kier molecular flexibility index (Phi) is 3.48. The molecule has 2 saturated heterocycles. The van der Waals surface area contributed by atoms with Crippen LogP contribution >= 0.6 is 0 Å². The first-order valence-corrected chi connectivity index (χ1v) is 6.94. The summed E-state index contributed by atoms with van der Waals surface area (Å²) in [6.45, 7) is 3.20. The van der Waals surface area contributed by atoms with Crippen LogP contribution in [0.3, 0.4) is 0 Å². The van der Waals surface area contributed by atoms with Gasteiger partial charge in [-0.25, -0.2) is 0 Å². The predicted octanol–water partition coefficient (Wildman–Crippen LogP) is 0.388. The Bertz CT molecular complexity index is 450. The summed E-state index contributed by atoms with van der Waals surface area (Å²) >= 11 is 0. The van der Waals surface area contributed by atoms with Crippen LogP contribution in [-0.2, 0) is 4.79 Å². The van der Waals surface area contributed by atoms with Crippen LogP contribution in [0.5, 0.6) is 0 Å². The highest BCUT2D eigenvalue weighted by atomic mass is 16.2. The van der Waals surface area contributed by atoms with Crippen LogP contribution < -0.4 is 5.73 Å². The third kappa shape index (κ3) is 2.35. The average Bonchev–Trinajstić information content (AvgIpc) is 2.82. The predicted molar refractivity (Wildman–Crippen MR) is 72.3 cm³/mol. The molecular weight excluding hydrogens is 240 g/mol. The fraction of sp³-hybridized carbons (Fsp3) is 0.571. The highest BCUT2D eigenvalue weighted by molar-refractivity contribution is 5.78. The van der Waals surface area contributed by atoms with E-state index in [1.165, 1.54) is 0 Å². The van der Waals surface area contributed by atoms with E-state index in [1.807, 2.05) is 29.3 Å². The fourth-order valence-electron chi connectivity index (χ4n) is 3.20. The van der Waals surface area contributed by atoms with E-state index in [1.54, 1.807) is 0 Å². The second-order valence-corrected chi connectivity index (χ2v) is 5.28. The van der Waals surface area contributed by atoms with Gasteiger partial charge in [0, 0.05) is 44.8 Å². The molecule has 1 aromatic heterocycles. The molecule has 0 bridgehead atoms. The highest BCUT2D eigenvalue weighted by Gasteiger charge is 2.37. The van der Waals surface area contributed by atoms with Crippen LogP contribution in [0.1, 0.15) is 24.6 Å². The van der Waals surface area contributed by atoms with Gasteiger partial charge in [0.25, 0.3) is 0 Å². The maximum absolute atomic E-state index is 11.7. The van der Waals surface area contributed by atoms with Crippen LogP contribution in [0.25, 0.3) is 0 Å². The summed E-state index contributed by atoms with van der Waals surface area (Å²) in [4.78, 5) is 20.5. The Labute approximate surface area is 113 Å². The zero-order valence-corrected chi connectivity index (χ0v) is 11.0. The van der Waals surface area contributed by atoms with E-state index >= 15 is 0 Å². The number of nitrogens with two attached hydrogens (primary N) is 1. The fourth-order valence-corrected chi connectivity index (χ4v) is 3.20. The molecule has 3 rings (SSSR count). The van der Waals surface area contributed by atoms with E-state index in [4.69, 9.17) is 5.73 Å². The topological polar surface area (TPSA) is 62.5 Å². The molecule has 0 aliphatic carbocycles. The summed E-state index contributed by atoms with van der Waals surface area (Å²) < 4.78 is 0. The molecule has 2 fully saturated rings. The van der Waals surface area contributed by atoms with Crippen LogP contribution in [0.15, 0.2) is 24.4 Å². The number of rotatable bonds is 3. The van der Waals surface area contributed by atoms with Gasteiger partial charge in [-0.1, -0.05) is 6.07 Å². The number of carbonyl (C=O) groups is 1. The average molecular weight is 260 g/mol. The van der Waals surface area contributed by atoms with Crippen molar-refractivity contribution >= 4 is 5.91 Å². The lowest BCUT2D eigenvalue weighted by Gasteiger charge is -2.41. The zero-order chi connectivity index (χ0) is 13.2. The van der Waals surface area contributed by atoms with E-state index in [9.17, 15) is 4.79 Å². The minimum absolute atomic E-state index is 0.166. The number of hydrogen-bond donors (Lipinski definition) is 1. The number of fused-ring (bicyclic) bond motifs is 1. The monoisotopic (exact) mass is 260 g/mol. The summed E-state index contributed by atoms with van der Waals surface area (Å²) in [6, 6.07) is 6.49. The van der Waals surface area contributed by atoms with Crippen molar-refractivity contribution in [2.75, 3.05) is 26.2 Å². The van der Waals surface area contributed by atoms with E-state index < -0.39 is 0 Å². The third-order valence-corrected chi connectivity index (χ3v) is 4.22. The number of aromatic nitrogens is 1. The molecule has 5 nitrogen and oxygen atoms in total. The molecule has 19 heavy (non-hydrogen) atoms. The summed E-state index contributed by atoms with van der Waals surface area (Å²) in [5.74, 6) is 0.312. The molecule has 1 aromatic rings. The second kappa shape index (κ2) is 5.27. The van der Waals surface area contributed by atoms with Crippen molar-refractivity contribution in [1.29, 1.82) is 0 Å². The van der Waals surface area contributed by atoms with Crippen molar-refractivity contribution in [2.45, 2.75) is 24.9 Å². The second-order valence-electron chi connectivity index (χ2n) is 5.28. The number of pyridine rings is 1. The normalized spacial score (nSPS) is 25.4. The summed E-state index contributed by atoms with van der Waals surface area (Å²) in [7, 11) is 0.